The molecule has 1 aromatic carbocycles. The van der Waals surface area contributed by atoms with Gasteiger partial charge in [-0.1, -0.05) is 30.3 Å². The van der Waals surface area contributed by atoms with Crippen LogP contribution >= 0.6 is 0 Å². The van der Waals surface area contributed by atoms with Gasteiger partial charge in [0, 0.05) is 6.04 Å². The van der Waals surface area contributed by atoms with Crippen LogP contribution in [-0.2, 0) is 0 Å². The van der Waals surface area contributed by atoms with Gasteiger partial charge in [0.25, 0.3) is 0 Å². The zero-order valence-corrected chi connectivity index (χ0v) is 8.91. The van der Waals surface area contributed by atoms with Crippen LogP contribution in [-0.4, -0.2) is 5.54 Å². The van der Waals surface area contributed by atoms with Crippen molar-refractivity contribution in [2.45, 2.75) is 32.4 Å². The second-order valence-electron chi connectivity index (χ2n) is 4.01. The molecular weight excluding hydrogens is 172 g/mol. The minimum Gasteiger partial charge on any atom is -0.293 e. The summed E-state index contributed by atoms with van der Waals surface area (Å²) < 4.78 is 0. The van der Waals surface area contributed by atoms with Crippen LogP contribution in [0.4, 0.5) is 0 Å². The Bertz CT molecular complexity index is 322. The first-order chi connectivity index (χ1) is 6.55. The van der Waals surface area contributed by atoms with Crippen LogP contribution in [0.25, 0.3) is 0 Å². The molecule has 0 heterocycles. The van der Waals surface area contributed by atoms with Gasteiger partial charge in [0.15, 0.2) is 0 Å². The quantitative estimate of drug-likeness (QED) is 0.791. The molecule has 1 rings (SSSR count). The maximum absolute atomic E-state index is 8.88. The lowest BCUT2D eigenvalue weighted by atomic mass is 10.0. The Hall–Kier alpha value is -1.33. The molecule has 74 valence electrons. The Morgan fingerprint density at radius 3 is 2.36 bits per heavy atom. The van der Waals surface area contributed by atoms with Crippen molar-refractivity contribution in [1.29, 1.82) is 5.26 Å². The van der Waals surface area contributed by atoms with Crippen molar-refractivity contribution < 1.29 is 0 Å². The average molecular weight is 188 g/mol. The minimum atomic E-state index is -0.477. The number of hydrogen-bond acceptors (Lipinski definition) is 2. The summed E-state index contributed by atoms with van der Waals surface area (Å²) in [7, 11) is 0. The lowest BCUT2D eigenvalue weighted by molar-refractivity contribution is 0.427. The highest BCUT2D eigenvalue weighted by Gasteiger charge is 2.19. The maximum Gasteiger partial charge on any atom is 0.101 e. The van der Waals surface area contributed by atoms with Crippen LogP contribution in [0.2, 0.25) is 0 Å². The first-order valence-corrected chi connectivity index (χ1v) is 4.79. The van der Waals surface area contributed by atoms with Crippen LogP contribution in [0.1, 0.15) is 32.4 Å². The van der Waals surface area contributed by atoms with Crippen molar-refractivity contribution in [2.24, 2.45) is 0 Å². The Morgan fingerprint density at radius 1 is 1.29 bits per heavy atom. The minimum absolute atomic E-state index is 0.200. The Balaban J connectivity index is 2.70. The molecule has 2 heteroatoms. The molecule has 0 saturated heterocycles. The summed E-state index contributed by atoms with van der Waals surface area (Å²) in [4.78, 5) is 0. The first-order valence-electron chi connectivity index (χ1n) is 4.79. The normalized spacial score (nSPS) is 13.3. The Kier molecular flexibility index (Phi) is 3.27. The number of nitrogens with one attached hydrogen (secondary N) is 1. The zero-order valence-electron chi connectivity index (χ0n) is 8.91. The molecule has 14 heavy (non-hydrogen) atoms. The SMILES string of the molecule is C[C@@H](NC(C)(C)C#N)c1ccccc1. The summed E-state index contributed by atoms with van der Waals surface area (Å²) in [6.45, 7) is 5.83. The lowest BCUT2D eigenvalue weighted by Gasteiger charge is -2.23. The summed E-state index contributed by atoms with van der Waals surface area (Å²) in [6, 6.07) is 12.6. The molecule has 1 aromatic rings. The molecule has 0 amide bonds. The van der Waals surface area contributed by atoms with Gasteiger partial charge in [-0.2, -0.15) is 5.26 Å². The van der Waals surface area contributed by atoms with Gasteiger partial charge in [-0.05, 0) is 26.3 Å². The second kappa shape index (κ2) is 4.26. The molecule has 0 fully saturated rings. The molecule has 1 atom stereocenters. The molecule has 0 unspecified atom stereocenters. The smallest absolute Gasteiger partial charge is 0.101 e. The summed E-state index contributed by atoms with van der Waals surface area (Å²) in [5.74, 6) is 0. The molecule has 2 nitrogen and oxygen atoms in total. The molecule has 0 aliphatic rings. The highest BCUT2D eigenvalue weighted by atomic mass is 15.0. The van der Waals surface area contributed by atoms with E-state index >= 15 is 0 Å². The average Bonchev–Trinajstić information content (AvgIpc) is 2.19. The van der Waals surface area contributed by atoms with E-state index in [1.165, 1.54) is 5.56 Å². The van der Waals surface area contributed by atoms with Gasteiger partial charge in [-0.15, -0.1) is 0 Å². The van der Waals surface area contributed by atoms with E-state index in [1.807, 2.05) is 32.0 Å². The molecule has 0 saturated carbocycles. The van der Waals surface area contributed by atoms with Gasteiger partial charge in [0.05, 0.1) is 6.07 Å². The highest BCUT2D eigenvalue weighted by molar-refractivity contribution is 5.19. The molecule has 0 aliphatic heterocycles. The van der Waals surface area contributed by atoms with Crippen LogP contribution in [0.3, 0.4) is 0 Å². The van der Waals surface area contributed by atoms with Gasteiger partial charge in [0.1, 0.15) is 5.54 Å². The largest absolute Gasteiger partial charge is 0.293 e. The fourth-order valence-electron chi connectivity index (χ4n) is 1.40. The Labute approximate surface area is 85.6 Å². The second-order valence-corrected chi connectivity index (χ2v) is 4.01. The third-order valence-corrected chi connectivity index (χ3v) is 2.16. The van der Waals surface area contributed by atoms with Crippen LogP contribution in [0.5, 0.6) is 0 Å². The third kappa shape index (κ3) is 2.86. The van der Waals surface area contributed by atoms with Crippen molar-refractivity contribution in [3.63, 3.8) is 0 Å². The summed E-state index contributed by atoms with van der Waals surface area (Å²) >= 11 is 0. The van der Waals surface area contributed by atoms with E-state index in [1.54, 1.807) is 0 Å². The summed E-state index contributed by atoms with van der Waals surface area (Å²) in [6.07, 6.45) is 0. The van der Waals surface area contributed by atoms with Crippen LogP contribution < -0.4 is 5.32 Å². The molecule has 0 aliphatic carbocycles. The zero-order chi connectivity index (χ0) is 10.6. The van der Waals surface area contributed by atoms with E-state index in [9.17, 15) is 0 Å². The highest BCUT2D eigenvalue weighted by Crippen LogP contribution is 2.15. The summed E-state index contributed by atoms with van der Waals surface area (Å²) in [5, 5.41) is 12.1. The van der Waals surface area contributed by atoms with Gasteiger partial charge in [-0.3, -0.25) is 5.32 Å². The van der Waals surface area contributed by atoms with Crippen molar-refractivity contribution >= 4 is 0 Å². The first kappa shape index (κ1) is 10.7. The lowest BCUT2D eigenvalue weighted by Crippen LogP contribution is -2.39. The predicted octanol–water partition coefficient (Wildman–Crippen LogP) is 2.64. The van der Waals surface area contributed by atoms with Gasteiger partial charge >= 0.3 is 0 Å². The Morgan fingerprint density at radius 2 is 1.86 bits per heavy atom. The number of hydrogen-bond donors (Lipinski definition) is 1. The topological polar surface area (TPSA) is 35.8 Å². The number of benzene rings is 1. The van der Waals surface area contributed by atoms with E-state index in [4.69, 9.17) is 5.26 Å². The predicted molar refractivity (Wildman–Crippen MR) is 57.7 cm³/mol. The standard InChI is InChI=1S/C12H16N2/c1-10(14-12(2,3)9-13)11-7-5-4-6-8-11/h4-8,10,14H,1-3H3/t10-/m1/s1. The molecular formula is C12H16N2. The van der Waals surface area contributed by atoms with E-state index in [-0.39, 0.29) is 6.04 Å². The van der Waals surface area contributed by atoms with E-state index in [2.05, 4.69) is 30.4 Å². The monoisotopic (exact) mass is 188 g/mol. The molecule has 0 bridgehead atoms. The molecule has 1 N–H and O–H groups in total. The fourth-order valence-corrected chi connectivity index (χ4v) is 1.40. The molecule has 0 spiro atoms. The summed E-state index contributed by atoms with van der Waals surface area (Å²) in [5.41, 5.74) is 0.728. The molecule has 0 aromatic heterocycles. The maximum atomic E-state index is 8.88. The number of rotatable bonds is 3. The molecule has 0 radical (unpaired) electrons. The van der Waals surface area contributed by atoms with Crippen molar-refractivity contribution in [2.75, 3.05) is 0 Å². The van der Waals surface area contributed by atoms with Crippen molar-refractivity contribution in [3.05, 3.63) is 35.9 Å². The number of nitrogens with zero attached hydrogens (tertiary/aromatic N) is 1. The third-order valence-electron chi connectivity index (χ3n) is 2.16. The van der Waals surface area contributed by atoms with Crippen LogP contribution in [0.15, 0.2) is 30.3 Å². The van der Waals surface area contributed by atoms with E-state index < -0.39 is 5.54 Å². The fraction of sp³-hybridized carbons (Fsp3) is 0.417. The van der Waals surface area contributed by atoms with Crippen molar-refractivity contribution in [3.8, 4) is 6.07 Å². The van der Waals surface area contributed by atoms with E-state index in [0.717, 1.165) is 0 Å². The van der Waals surface area contributed by atoms with Gasteiger partial charge in [0.2, 0.25) is 0 Å². The van der Waals surface area contributed by atoms with Crippen molar-refractivity contribution in [1.82, 2.24) is 5.32 Å². The number of nitriles is 1. The van der Waals surface area contributed by atoms with E-state index in [0.29, 0.717) is 0 Å². The van der Waals surface area contributed by atoms with Gasteiger partial charge in [-0.25, -0.2) is 0 Å². The van der Waals surface area contributed by atoms with Gasteiger partial charge < -0.3 is 0 Å². The van der Waals surface area contributed by atoms with Crippen LogP contribution in [0, 0.1) is 11.3 Å².